The zero-order chi connectivity index (χ0) is 27.1. The van der Waals surface area contributed by atoms with E-state index in [1.54, 1.807) is 13.0 Å². The number of para-hydroxylation sites is 2. The molecule has 0 aliphatic carbocycles. The summed E-state index contributed by atoms with van der Waals surface area (Å²) in [4.78, 5) is 48.2. The molecule has 0 bridgehead atoms. The fraction of sp³-hybridized carbons (Fsp3) is 0.448. The van der Waals surface area contributed by atoms with Crippen molar-refractivity contribution < 1.29 is 9.59 Å². The first-order valence-corrected chi connectivity index (χ1v) is 13.9. The van der Waals surface area contributed by atoms with Gasteiger partial charge in [-0.15, -0.1) is 0 Å². The molecule has 3 aromatic heterocycles. The quantitative estimate of drug-likeness (QED) is 0.398. The van der Waals surface area contributed by atoms with Gasteiger partial charge in [-0.3, -0.25) is 18.8 Å². The normalized spacial score (nSPS) is 16.9. The van der Waals surface area contributed by atoms with Crippen LogP contribution in [-0.2, 0) is 11.8 Å². The second-order valence-electron chi connectivity index (χ2n) is 10.7. The van der Waals surface area contributed by atoms with Crippen LogP contribution < -0.4 is 16.1 Å². The molecule has 0 spiro atoms. The number of carbonyl (C=O) groups excluding carboxylic acids is 2. The summed E-state index contributed by atoms with van der Waals surface area (Å²) < 4.78 is 3.84. The summed E-state index contributed by atoms with van der Waals surface area (Å²) in [5.74, 6) is 0.419. The van der Waals surface area contributed by atoms with Gasteiger partial charge in [-0.05, 0) is 63.0 Å². The first-order chi connectivity index (χ1) is 18.9. The van der Waals surface area contributed by atoms with Crippen LogP contribution in [-0.4, -0.2) is 80.9 Å². The SMILES string of the molecule is CC(=O)N1CCC(Nc2ccc3c(=O)c(C(=O)NCCN4CCCC4)c4n(C)c5ccccc5n4c3n2)CC1. The third-order valence-corrected chi connectivity index (χ3v) is 8.23. The standard InChI is InChI=1S/C29H35N7O3/c1-19(37)35-16-11-20(12-17-35)31-24-10-9-21-26(38)25(28(39)30-13-18-34-14-5-6-15-34)29-33(2)22-7-3-4-8-23(22)36(29)27(21)32-24/h3-4,7-10,20H,5-6,11-18H2,1-2H3,(H,30,39)(H,31,32). The fourth-order valence-electron chi connectivity index (χ4n) is 6.10. The molecule has 10 nitrogen and oxygen atoms in total. The number of aromatic nitrogens is 3. The molecule has 2 fully saturated rings. The number of anilines is 1. The summed E-state index contributed by atoms with van der Waals surface area (Å²) in [6, 6.07) is 11.6. The first kappa shape index (κ1) is 25.4. The Hall–Kier alpha value is -3.92. The molecule has 0 saturated carbocycles. The Labute approximate surface area is 226 Å². The number of aryl methyl sites for hydroxylation is 1. The Bertz CT molecular complexity index is 1630. The molecular weight excluding hydrogens is 494 g/mol. The lowest BCUT2D eigenvalue weighted by atomic mass is 10.0. The topological polar surface area (TPSA) is 104 Å². The number of hydrogen-bond acceptors (Lipinski definition) is 6. The van der Waals surface area contributed by atoms with Gasteiger partial charge in [0.25, 0.3) is 5.91 Å². The van der Waals surface area contributed by atoms with Crippen LogP contribution in [0.15, 0.2) is 41.2 Å². The Morgan fingerprint density at radius 1 is 1.00 bits per heavy atom. The van der Waals surface area contributed by atoms with Crippen LogP contribution in [0.4, 0.5) is 5.82 Å². The van der Waals surface area contributed by atoms with Crippen molar-refractivity contribution in [1.82, 2.24) is 29.1 Å². The van der Waals surface area contributed by atoms with E-state index < -0.39 is 0 Å². The highest BCUT2D eigenvalue weighted by atomic mass is 16.2. The van der Waals surface area contributed by atoms with Crippen LogP contribution in [0.2, 0.25) is 0 Å². The van der Waals surface area contributed by atoms with E-state index in [2.05, 4.69) is 15.5 Å². The largest absolute Gasteiger partial charge is 0.367 e. The Morgan fingerprint density at radius 3 is 2.44 bits per heavy atom. The van der Waals surface area contributed by atoms with Gasteiger partial charge in [0.2, 0.25) is 11.3 Å². The molecule has 0 atom stereocenters. The molecule has 6 rings (SSSR count). The summed E-state index contributed by atoms with van der Waals surface area (Å²) in [5, 5.41) is 6.92. The fourth-order valence-corrected chi connectivity index (χ4v) is 6.10. The molecule has 4 aromatic rings. The van der Waals surface area contributed by atoms with Gasteiger partial charge in [-0.1, -0.05) is 12.1 Å². The number of imidazole rings is 1. The number of likely N-dealkylation sites (tertiary alicyclic amines) is 2. The number of piperidine rings is 1. The van der Waals surface area contributed by atoms with Crippen molar-refractivity contribution in [2.24, 2.45) is 7.05 Å². The van der Waals surface area contributed by atoms with Crippen molar-refractivity contribution in [3.63, 3.8) is 0 Å². The van der Waals surface area contributed by atoms with Gasteiger partial charge in [0.15, 0.2) is 5.65 Å². The van der Waals surface area contributed by atoms with Gasteiger partial charge in [-0.25, -0.2) is 4.98 Å². The number of rotatable bonds is 6. The molecule has 2 saturated heterocycles. The summed E-state index contributed by atoms with van der Waals surface area (Å²) in [6.45, 7) is 6.41. The number of nitrogens with one attached hydrogen (secondary N) is 2. The van der Waals surface area contributed by atoms with E-state index in [9.17, 15) is 14.4 Å². The van der Waals surface area contributed by atoms with Crippen molar-refractivity contribution >= 4 is 45.3 Å². The molecule has 2 amide bonds. The number of fused-ring (bicyclic) bond motifs is 5. The van der Waals surface area contributed by atoms with Gasteiger partial charge in [0, 0.05) is 46.2 Å². The maximum atomic E-state index is 13.8. The molecule has 10 heteroatoms. The second kappa shape index (κ2) is 10.3. The molecule has 39 heavy (non-hydrogen) atoms. The number of hydrogen-bond donors (Lipinski definition) is 2. The zero-order valence-corrected chi connectivity index (χ0v) is 22.6. The number of benzene rings is 1. The average Bonchev–Trinajstić information content (AvgIpc) is 3.56. The minimum atomic E-state index is -0.357. The highest BCUT2D eigenvalue weighted by Crippen LogP contribution is 2.26. The molecule has 2 N–H and O–H groups in total. The molecule has 2 aliphatic heterocycles. The van der Waals surface area contributed by atoms with Crippen molar-refractivity contribution in [3.8, 4) is 0 Å². The first-order valence-electron chi connectivity index (χ1n) is 13.9. The summed E-state index contributed by atoms with van der Waals surface area (Å²) in [7, 11) is 1.88. The van der Waals surface area contributed by atoms with Crippen LogP contribution in [0.25, 0.3) is 27.7 Å². The second-order valence-corrected chi connectivity index (χ2v) is 10.7. The smallest absolute Gasteiger partial charge is 0.259 e. The van der Waals surface area contributed by atoms with Crippen LogP contribution in [0.3, 0.4) is 0 Å². The number of pyridine rings is 2. The van der Waals surface area contributed by atoms with Gasteiger partial charge in [0.1, 0.15) is 17.0 Å². The molecule has 0 unspecified atom stereocenters. The average molecular weight is 530 g/mol. The monoisotopic (exact) mass is 529 g/mol. The lowest BCUT2D eigenvalue weighted by molar-refractivity contribution is -0.129. The zero-order valence-electron chi connectivity index (χ0n) is 22.6. The van der Waals surface area contributed by atoms with Gasteiger partial charge in [0.05, 0.1) is 16.4 Å². The Balaban J connectivity index is 1.40. The predicted molar refractivity (Wildman–Crippen MR) is 152 cm³/mol. The molecule has 0 radical (unpaired) electrons. The maximum Gasteiger partial charge on any atom is 0.259 e. The van der Waals surface area contributed by atoms with E-state index >= 15 is 0 Å². The highest BCUT2D eigenvalue weighted by molar-refractivity contribution is 6.05. The van der Waals surface area contributed by atoms with Gasteiger partial charge < -0.3 is 25.0 Å². The van der Waals surface area contributed by atoms with Gasteiger partial charge in [-0.2, -0.15) is 0 Å². The molecular formula is C29H35N7O3. The summed E-state index contributed by atoms with van der Waals surface area (Å²) >= 11 is 0. The minimum absolute atomic E-state index is 0.103. The van der Waals surface area contributed by atoms with E-state index in [1.807, 2.05) is 51.2 Å². The maximum absolute atomic E-state index is 13.8. The Kier molecular flexibility index (Phi) is 6.72. The van der Waals surface area contributed by atoms with E-state index in [0.717, 1.165) is 43.5 Å². The van der Waals surface area contributed by atoms with E-state index in [0.29, 0.717) is 42.1 Å². The van der Waals surface area contributed by atoms with Crippen molar-refractivity contribution in [2.75, 3.05) is 44.6 Å². The summed E-state index contributed by atoms with van der Waals surface area (Å²) in [6.07, 6.45) is 4.05. The molecule has 2 aliphatic rings. The molecule has 204 valence electrons. The lowest BCUT2D eigenvalue weighted by Gasteiger charge is -2.32. The lowest BCUT2D eigenvalue weighted by Crippen LogP contribution is -2.41. The van der Waals surface area contributed by atoms with E-state index in [-0.39, 0.29) is 28.8 Å². The van der Waals surface area contributed by atoms with Crippen molar-refractivity contribution in [3.05, 3.63) is 52.2 Å². The van der Waals surface area contributed by atoms with E-state index in [4.69, 9.17) is 4.98 Å². The van der Waals surface area contributed by atoms with Crippen LogP contribution in [0, 0.1) is 0 Å². The van der Waals surface area contributed by atoms with Crippen LogP contribution in [0.1, 0.15) is 43.0 Å². The van der Waals surface area contributed by atoms with Crippen molar-refractivity contribution in [2.45, 2.75) is 38.6 Å². The van der Waals surface area contributed by atoms with Crippen LogP contribution in [0.5, 0.6) is 0 Å². The summed E-state index contributed by atoms with van der Waals surface area (Å²) in [5.41, 5.74) is 2.67. The van der Waals surface area contributed by atoms with Gasteiger partial charge >= 0.3 is 0 Å². The highest BCUT2D eigenvalue weighted by Gasteiger charge is 2.25. The minimum Gasteiger partial charge on any atom is -0.367 e. The molecule has 1 aromatic carbocycles. The number of carbonyl (C=O) groups is 2. The third-order valence-electron chi connectivity index (χ3n) is 8.23. The van der Waals surface area contributed by atoms with Crippen molar-refractivity contribution in [1.29, 1.82) is 0 Å². The third kappa shape index (κ3) is 4.63. The number of nitrogens with zero attached hydrogens (tertiary/aromatic N) is 5. The Morgan fingerprint density at radius 2 is 1.72 bits per heavy atom. The van der Waals surface area contributed by atoms with Crippen LogP contribution >= 0.6 is 0 Å². The number of amides is 2. The van der Waals surface area contributed by atoms with E-state index in [1.165, 1.54) is 12.8 Å². The molecule has 5 heterocycles. The predicted octanol–water partition coefficient (Wildman–Crippen LogP) is 2.59.